The molecule has 1 atom stereocenters. The maximum atomic E-state index is 12.0. The summed E-state index contributed by atoms with van der Waals surface area (Å²) in [6, 6.07) is -2.04. The predicted molar refractivity (Wildman–Crippen MR) is 35.5 cm³/mol. The molecule has 2 N–H and O–H groups in total. The molecule has 1 fully saturated rings. The number of carbonyl (C=O) groups is 1. The zero-order valence-corrected chi connectivity index (χ0v) is 6.24. The predicted octanol–water partition coefficient (Wildman–Crippen LogP) is 0.0268. The fourth-order valence-electron chi connectivity index (χ4n) is 1.01. The van der Waals surface area contributed by atoms with Gasteiger partial charge in [-0.15, -0.1) is 0 Å². The first kappa shape index (κ1) is 9.31. The molecule has 1 aliphatic heterocycles. The Morgan fingerprint density at radius 3 is 2.58 bits per heavy atom. The van der Waals surface area contributed by atoms with E-state index >= 15 is 0 Å². The third-order valence-electron chi connectivity index (χ3n) is 1.59. The van der Waals surface area contributed by atoms with Gasteiger partial charge in [-0.25, -0.2) is 0 Å². The largest absolute Gasteiger partial charge is 0.412 e. The molecule has 0 radical (unpaired) electrons. The van der Waals surface area contributed by atoms with Crippen molar-refractivity contribution in [2.45, 2.75) is 18.6 Å². The number of carbonyl (C=O) groups excluding carboxylic acids is 1. The Labute approximate surface area is 67.3 Å². The lowest BCUT2D eigenvalue weighted by molar-refractivity contribution is -0.167. The second-order valence-electron chi connectivity index (χ2n) is 2.57. The lowest BCUT2D eigenvalue weighted by Crippen LogP contribution is -2.51. The smallest absolute Gasteiger partial charge is 0.354 e. The Hall–Kier alpha value is -0.780. The molecular weight excluding hydrogens is 173 g/mol. The van der Waals surface area contributed by atoms with Crippen molar-refractivity contribution >= 4 is 5.91 Å². The maximum Gasteiger partial charge on any atom is 0.412 e. The van der Waals surface area contributed by atoms with Crippen molar-refractivity contribution in [1.82, 2.24) is 10.6 Å². The van der Waals surface area contributed by atoms with E-state index in [1.165, 1.54) is 0 Å². The summed E-state index contributed by atoms with van der Waals surface area (Å²) in [5.41, 5.74) is 0. The number of rotatable bonds is 0. The number of hydrogen-bond donors (Lipinski definition) is 2. The molecule has 3 nitrogen and oxygen atoms in total. The van der Waals surface area contributed by atoms with Crippen LogP contribution in [0.5, 0.6) is 0 Å². The highest BCUT2D eigenvalue weighted by Gasteiger charge is 2.44. The molecule has 1 unspecified atom stereocenters. The molecule has 0 aromatic rings. The van der Waals surface area contributed by atoms with Crippen LogP contribution in [0.15, 0.2) is 0 Å². The van der Waals surface area contributed by atoms with Crippen LogP contribution >= 0.6 is 0 Å². The molecule has 0 saturated carbocycles. The minimum absolute atomic E-state index is 0.211. The van der Waals surface area contributed by atoms with Crippen LogP contribution in [0.4, 0.5) is 13.2 Å². The van der Waals surface area contributed by atoms with E-state index in [1.54, 1.807) is 0 Å². The monoisotopic (exact) mass is 182 g/mol. The van der Waals surface area contributed by atoms with Crippen LogP contribution in [-0.2, 0) is 4.79 Å². The zero-order valence-electron chi connectivity index (χ0n) is 6.24. The molecule has 0 aromatic heterocycles. The van der Waals surface area contributed by atoms with Gasteiger partial charge in [0.1, 0.15) is 0 Å². The fraction of sp³-hybridized carbons (Fsp3) is 0.833. The average Bonchev–Trinajstić information content (AvgIpc) is 2.11. The lowest BCUT2D eigenvalue weighted by atomic mass is 10.3. The molecule has 1 saturated heterocycles. The molecule has 12 heavy (non-hydrogen) atoms. The molecule has 1 rings (SSSR count). The number of nitrogens with one attached hydrogen (secondary N) is 2. The van der Waals surface area contributed by atoms with Gasteiger partial charge in [0.2, 0.25) is 5.91 Å². The van der Waals surface area contributed by atoms with Crippen molar-refractivity contribution in [2.24, 2.45) is 0 Å². The van der Waals surface area contributed by atoms with Crippen LogP contribution in [0.1, 0.15) is 6.42 Å². The number of hydrogen-bond acceptors (Lipinski definition) is 2. The Morgan fingerprint density at radius 2 is 2.00 bits per heavy atom. The van der Waals surface area contributed by atoms with Crippen molar-refractivity contribution < 1.29 is 18.0 Å². The SMILES string of the molecule is O=C1NCCCNC1C(F)(F)F. The Kier molecular flexibility index (Phi) is 2.56. The van der Waals surface area contributed by atoms with Crippen molar-refractivity contribution in [3.05, 3.63) is 0 Å². The molecule has 1 heterocycles. The molecular formula is C6H9F3N2O. The van der Waals surface area contributed by atoms with Gasteiger partial charge in [-0.3, -0.25) is 10.1 Å². The van der Waals surface area contributed by atoms with Crippen molar-refractivity contribution in [3.63, 3.8) is 0 Å². The first-order valence-electron chi connectivity index (χ1n) is 3.59. The third kappa shape index (κ3) is 2.10. The van der Waals surface area contributed by atoms with Gasteiger partial charge in [0.15, 0.2) is 6.04 Å². The van der Waals surface area contributed by atoms with Gasteiger partial charge in [-0.05, 0) is 13.0 Å². The normalized spacial score (nSPS) is 26.2. The topological polar surface area (TPSA) is 41.1 Å². The van der Waals surface area contributed by atoms with Gasteiger partial charge >= 0.3 is 6.18 Å². The van der Waals surface area contributed by atoms with Crippen LogP contribution in [0.3, 0.4) is 0 Å². The van der Waals surface area contributed by atoms with E-state index in [0.717, 1.165) is 0 Å². The molecule has 0 bridgehead atoms. The summed E-state index contributed by atoms with van der Waals surface area (Å²) in [7, 11) is 0. The first-order chi connectivity index (χ1) is 5.52. The molecule has 6 heteroatoms. The minimum atomic E-state index is -4.49. The summed E-state index contributed by atoms with van der Waals surface area (Å²) in [6.07, 6.45) is -3.97. The van der Waals surface area contributed by atoms with E-state index in [1.807, 2.05) is 0 Å². The average molecular weight is 182 g/mol. The third-order valence-corrected chi connectivity index (χ3v) is 1.59. The van der Waals surface area contributed by atoms with Crippen molar-refractivity contribution in [2.75, 3.05) is 13.1 Å². The first-order valence-corrected chi connectivity index (χ1v) is 3.59. The van der Waals surface area contributed by atoms with Gasteiger partial charge in [0.25, 0.3) is 0 Å². The highest BCUT2D eigenvalue weighted by Crippen LogP contribution is 2.20. The number of amides is 1. The number of halogens is 3. The van der Waals surface area contributed by atoms with Gasteiger partial charge in [0.05, 0.1) is 0 Å². The second-order valence-corrected chi connectivity index (χ2v) is 2.57. The van der Waals surface area contributed by atoms with E-state index in [0.29, 0.717) is 13.0 Å². The molecule has 70 valence electrons. The van der Waals surface area contributed by atoms with Gasteiger partial charge in [-0.2, -0.15) is 13.2 Å². The van der Waals surface area contributed by atoms with Crippen LogP contribution in [0.2, 0.25) is 0 Å². The van der Waals surface area contributed by atoms with Crippen molar-refractivity contribution in [1.29, 1.82) is 0 Å². The van der Waals surface area contributed by atoms with Gasteiger partial charge in [0, 0.05) is 6.54 Å². The summed E-state index contributed by atoms with van der Waals surface area (Å²) >= 11 is 0. The quantitative estimate of drug-likeness (QED) is 0.554. The summed E-state index contributed by atoms with van der Waals surface area (Å²) in [4.78, 5) is 10.8. The second kappa shape index (κ2) is 3.30. The molecule has 0 aliphatic carbocycles. The van der Waals surface area contributed by atoms with Gasteiger partial charge in [-0.1, -0.05) is 0 Å². The Morgan fingerprint density at radius 1 is 1.33 bits per heavy atom. The Bertz CT molecular complexity index is 180. The summed E-state index contributed by atoms with van der Waals surface area (Å²) in [5, 5.41) is 4.31. The Balaban J connectivity index is 2.66. The van der Waals surface area contributed by atoms with E-state index < -0.39 is 18.1 Å². The highest BCUT2D eigenvalue weighted by molar-refractivity contribution is 5.82. The van der Waals surface area contributed by atoms with Crippen molar-refractivity contribution in [3.8, 4) is 0 Å². The molecule has 1 aliphatic rings. The molecule has 0 spiro atoms. The molecule has 0 aromatic carbocycles. The highest BCUT2D eigenvalue weighted by atomic mass is 19.4. The summed E-state index contributed by atoms with van der Waals surface area (Å²) in [5.74, 6) is -0.986. The summed E-state index contributed by atoms with van der Waals surface area (Å²) < 4.78 is 36.1. The number of alkyl halides is 3. The fourth-order valence-corrected chi connectivity index (χ4v) is 1.01. The lowest BCUT2D eigenvalue weighted by Gasteiger charge is -2.17. The van der Waals surface area contributed by atoms with Crippen LogP contribution < -0.4 is 10.6 Å². The van der Waals surface area contributed by atoms with Gasteiger partial charge < -0.3 is 5.32 Å². The van der Waals surface area contributed by atoms with Crippen LogP contribution in [0, 0.1) is 0 Å². The minimum Gasteiger partial charge on any atom is -0.354 e. The van der Waals surface area contributed by atoms with Crippen LogP contribution in [-0.4, -0.2) is 31.2 Å². The van der Waals surface area contributed by atoms with E-state index in [-0.39, 0.29) is 6.54 Å². The van der Waals surface area contributed by atoms with E-state index in [4.69, 9.17) is 0 Å². The van der Waals surface area contributed by atoms with E-state index in [2.05, 4.69) is 10.6 Å². The maximum absolute atomic E-state index is 12.0. The summed E-state index contributed by atoms with van der Waals surface area (Å²) in [6.45, 7) is 0.515. The zero-order chi connectivity index (χ0) is 9.19. The van der Waals surface area contributed by atoms with Crippen LogP contribution in [0.25, 0.3) is 0 Å². The standard InChI is InChI=1S/C6H9F3N2O/c7-6(8,9)4-5(12)11-3-1-2-10-4/h4,10H,1-3H2,(H,11,12). The van der Waals surface area contributed by atoms with E-state index in [9.17, 15) is 18.0 Å². The molecule has 1 amide bonds.